The number of halogens is 1. The van der Waals surface area contributed by atoms with Gasteiger partial charge in [-0.25, -0.2) is 4.39 Å². The minimum Gasteiger partial charge on any atom is -0.382 e. The van der Waals surface area contributed by atoms with Crippen LogP contribution in [0, 0.1) is 5.82 Å². The Morgan fingerprint density at radius 2 is 2.06 bits per heavy atom. The summed E-state index contributed by atoms with van der Waals surface area (Å²) in [6.07, 6.45) is 0. The Bertz CT molecular complexity index is 367. The van der Waals surface area contributed by atoms with Crippen molar-refractivity contribution in [2.45, 2.75) is 12.5 Å². The summed E-state index contributed by atoms with van der Waals surface area (Å²) >= 11 is 0. The van der Waals surface area contributed by atoms with Crippen LogP contribution in [0.2, 0.25) is 0 Å². The van der Waals surface area contributed by atoms with E-state index in [4.69, 9.17) is 10.5 Å². The molecule has 0 heterocycles. The molecule has 0 fully saturated rings. The zero-order valence-electron chi connectivity index (χ0n) is 9.29. The van der Waals surface area contributed by atoms with Gasteiger partial charge in [0.15, 0.2) is 0 Å². The smallest absolute Gasteiger partial charge is 0.245 e. The first-order chi connectivity index (χ1) is 7.48. The molecule has 0 aliphatic rings. The first kappa shape index (κ1) is 12.4. The molecule has 4 nitrogen and oxygen atoms in total. The number of anilines is 1. The number of benzene rings is 1. The van der Waals surface area contributed by atoms with Gasteiger partial charge in [-0.05, 0) is 31.2 Å². The van der Waals surface area contributed by atoms with Crippen LogP contribution in [-0.4, -0.2) is 25.2 Å². The van der Waals surface area contributed by atoms with Crippen molar-refractivity contribution < 1.29 is 13.9 Å². The highest BCUT2D eigenvalue weighted by Crippen LogP contribution is 2.16. The number of methoxy groups -OCH3 is 1. The van der Waals surface area contributed by atoms with Crippen LogP contribution < -0.4 is 11.1 Å². The van der Waals surface area contributed by atoms with Gasteiger partial charge in [-0.2, -0.15) is 0 Å². The zero-order valence-corrected chi connectivity index (χ0v) is 9.29. The lowest BCUT2D eigenvalue weighted by Crippen LogP contribution is -2.51. The van der Waals surface area contributed by atoms with E-state index in [0.29, 0.717) is 5.69 Å². The van der Waals surface area contributed by atoms with E-state index in [1.165, 1.54) is 31.4 Å². The number of hydrogen-bond donors (Lipinski definition) is 2. The Kier molecular flexibility index (Phi) is 3.84. The summed E-state index contributed by atoms with van der Waals surface area (Å²) in [6, 6.07) is 5.67. The van der Waals surface area contributed by atoms with Gasteiger partial charge in [-0.1, -0.05) is 0 Å². The summed E-state index contributed by atoms with van der Waals surface area (Å²) in [7, 11) is 1.48. The average Bonchev–Trinajstić information content (AvgIpc) is 2.22. The third-order valence-electron chi connectivity index (χ3n) is 2.24. The average molecular weight is 226 g/mol. The molecular formula is C11H15FN2O2. The van der Waals surface area contributed by atoms with Crippen molar-refractivity contribution in [3.05, 3.63) is 30.1 Å². The maximum Gasteiger partial charge on any atom is 0.245 e. The maximum absolute atomic E-state index is 12.7. The van der Waals surface area contributed by atoms with Crippen LogP contribution in [0.1, 0.15) is 6.92 Å². The van der Waals surface area contributed by atoms with Gasteiger partial charge >= 0.3 is 0 Å². The molecule has 1 aromatic carbocycles. The third-order valence-corrected chi connectivity index (χ3v) is 2.24. The van der Waals surface area contributed by atoms with Crippen molar-refractivity contribution in [3.8, 4) is 0 Å². The van der Waals surface area contributed by atoms with E-state index in [-0.39, 0.29) is 12.4 Å². The standard InChI is InChI=1S/C11H15FN2O2/c1-11(7-16-2,10(13)15)14-9-5-3-8(12)4-6-9/h3-6,14H,7H2,1-2H3,(H2,13,15). The number of amides is 1. The molecule has 88 valence electrons. The number of carbonyl (C=O) groups is 1. The highest BCUT2D eigenvalue weighted by molar-refractivity contribution is 5.87. The minimum absolute atomic E-state index is 0.139. The fourth-order valence-electron chi connectivity index (χ4n) is 1.31. The molecule has 1 aromatic rings. The van der Waals surface area contributed by atoms with Gasteiger partial charge in [0.1, 0.15) is 11.4 Å². The molecule has 16 heavy (non-hydrogen) atoms. The van der Waals surface area contributed by atoms with Gasteiger partial charge in [-0.15, -0.1) is 0 Å². The Hall–Kier alpha value is -1.62. The lowest BCUT2D eigenvalue weighted by Gasteiger charge is -2.27. The first-order valence-electron chi connectivity index (χ1n) is 4.80. The van der Waals surface area contributed by atoms with Crippen LogP contribution >= 0.6 is 0 Å². The predicted molar refractivity (Wildman–Crippen MR) is 59.5 cm³/mol. The Morgan fingerprint density at radius 1 is 1.50 bits per heavy atom. The lowest BCUT2D eigenvalue weighted by molar-refractivity contribution is -0.123. The number of nitrogens with two attached hydrogens (primary N) is 1. The van der Waals surface area contributed by atoms with E-state index in [1.807, 2.05) is 0 Å². The van der Waals surface area contributed by atoms with E-state index >= 15 is 0 Å². The highest BCUT2D eigenvalue weighted by Gasteiger charge is 2.30. The molecule has 1 rings (SSSR count). The van der Waals surface area contributed by atoms with Crippen molar-refractivity contribution in [2.75, 3.05) is 19.0 Å². The number of ether oxygens (including phenoxy) is 1. The summed E-state index contributed by atoms with van der Waals surface area (Å²) in [6.45, 7) is 1.77. The van der Waals surface area contributed by atoms with Gasteiger partial charge in [0.2, 0.25) is 5.91 Å². The number of nitrogens with one attached hydrogen (secondary N) is 1. The van der Waals surface area contributed by atoms with Crippen LogP contribution in [0.25, 0.3) is 0 Å². The molecule has 0 aliphatic carbocycles. The molecule has 0 aromatic heterocycles. The van der Waals surface area contributed by atoms with Crippen molar-refractivity contribution in [3.63, 3.8) is 0 Å². The Balaban J connectivity index is 2.83. The van der Waals surface area contributed by atoms with Crippen molar-refractivity contribution in [1.29, 1.82) is 0 Å². The van der Waals surface area contributed by atoms with Crippen LogP contribution in [0.3, 0.4) is 0 Å². The molecule has 0 bridgehead atoms. The molecule has 0 spiro atoms. The van der Waals surface area contributed by atoms with Gasteiger partial charge in [-0.3, -0.25) is 4.79 Å². The molecule has 1 amide bonds. The topological polar surface area (TPSA) is 64.3 Å². The van der Waals surface area contributed by atoms with Gasteiger partial charge in [0, 0.05) is 12.8 Å². The molecule has 5 heteroatoms. The van der Waals surface area contributed by atoms with Crippen LogP contribution in [-0.2, 0) is 9.53 Å². The largest absolute Gasteiger partial charge is 0.382 e. The summed E-state index contributed by atoms with van der Waals surface area (Å²) in [5.74, 6) is -0.864. The molecule has 1 unspecified atom stereocenters. The van der Waals surface area contributed by atoms with Gasteiger partial charge < -0.3 is 15.8 Å². The van der Waals surface area contributed by atoms with E-state index in [1.54, 1.807) is 6.92 Å². The summed E-state index contributed by atoms with van der Waals surface area (Å²) < 4.78 is 17.6. The normalized spacial score (nSPS) is 14.2. The second kappa shape index (κ2) is 4.94. The second-order valence-electron chi connectivity index (χ2n) is 3.76. The number of primary amides is 1. The van der Waals surface area contributed by atoms with Crippen LogP contribution in [0.4, 0.5) is 10.1 Å². The third kappa shape index (κ3) is 2.93. The van der Waals surface area contributed by atoms with Gasteiger partial charge in [0.05, 0.1) is 6.61 Å². The molecule has 0 saturated heterocycles. The van der Waals surface area contributed by atoms with Crippen molar-refractivity contribution in [2.24, 2.45) is 5.73 Å². The summed E-state index contributed by atoms with van der Waals surface area (Å²) in [4.78, 5) is 11.3. The maximum atomic E-state index is 12.7. The van der Waals surface area contributed by atoms with E-state index < -0.39 is 11.4 Å². The molecule has 3 N–H and O–H groups in total. The highest BCUT2D eigenvalue weighted by atomic mass is 19.1. The minimum atomic E-state index is -1.01. The number of carbonyl (C=O) groups excluding carboxylic acids is 1. The monoisotopic (exact) mass is 226 g/mol. The molecule has 1 atom stereocenters. The molecule has 0 radical (unpaired) electrons. The van der Waals surface area contributed by atoms with Crippen molar-refractivity contribution in [1.82, 2.24) is 0 Å². The van der Waals surface area contributed by atoms with E-state index in [2.05, 4.69) is 5.32 Å². The Morgan fingerprint density at radius 3 is 2.50 bits per heavy atom. The summed E-state index contributed by atoms with van der Waals surface area (Å²) in [5.41, 5.74) is 4.88. The lowest BCUT2D eigenvalue weighted by atomic mass is 10.0. The number of hydrogen-bond acceptors (Lipinski definition) is 3. The quantitative estimate of drug-likeness (QED) is 0.791. The van der Waals surface area contributed by atoms with E-state index in [9.17, 15) is 9.18 Å². The fourth-order valence-corrected chi connectivity index (χ4v) is 1.31. The molecule has 0 saturated carbocycles. The SMILES string of the molecule is COCC(C)(Nc1ccc(F)cc1)C(N)=O. The fraction of sp³-hybridized carbons (Fsp3) is 0.364. The van der Waals surface area contributed by atoms with Crippen LogP contribution in [0.15, 0.2) is 24.3 Å². The van der Waals surface area contributed by atoms with Gasteiger partial charge in [0.25, 0.3) is 0 Å². The number of rotatable bonds is 5. The summed E-state index contributed by atoms with van der Waals surface area (Å²) in [5, 5.41) is 2.92. The van der Waals surface area contributed by atoms with Crippen LogP contribution in [0.5, 0.6) is 0 Å². The molecule has 0 aliphatic heterocycles. The van der Waals surface area contributed by atoms with E-state index in [0.717, 1.165) is 0 Å². The van der Waals surface area contributed by atoms with Crippen molar-refractivity contribution >= 4 is 11.6 Å². The second-order valence-corrected chi connectivity index (χ2v) is 3.76. The zero-order chi connectivity index (χ0) is 12.2. The molecular weight excluding hydrogens is 211 g/mol. The predicted octanol–water partition coefficient (Wildman–Crippen LogP) is 1.13. The first-order valence-corrected chi connectivity index (χ1v) is 4.80. The Labute approximate surface area is 93.6 Å².